The SMILES string of the molecule is CC/C(Nc1ccc(CN(C)C)cc1)=C1/C(=O)Nc2cc(C(=O)OC)ccc21. The van der Waals surface area contributed by atoms with Crippen LogP contribution in [0.2, 0.25) is 0 Å². The Balaban J connectivity index is 1.91. The summed E-state index contributed by atoms with van der Waals surface area (Å²) in [6.07, 6.45) is 0.667. The number of carbonyl (C=O) groups is 2. The van der Waals surface area contributed by atoms with Crippen molar-refractivity contribution < 1.29 is 14.3 Å². The quantitative estimate of drug-likeness (QED) is 0.591. The number of anilines is 2. The van der Waals surface area contributed by atoms with Gasteiger partial charge in [-0.25, -0.2) is 4.79 Å². The maximum absolute atomic E-state index is 12.6. The van der Waals surface area contributed by atoms with E-state index in [4.69, 9.17) is 4.74 Å². The zero-order valence-corrected chi connectivity index (χ0v) is 16.6. The van der Waals surface area contributed by atoms with Crippen LogP contribution >= 0.6 is 0 Å². The number of ether oxygens (including phenoxy) is 1. The van der Waals surface area contributed by atoms with Crippen molar-refractivity contribution in [2.24, 2.45) is 0 Å². The normalized spacial score (nSPS) is 14.5. The second kappa shape index (κ2) is 8.27. The Hall–Kier alpha value is -3.12. The van der Waals surface area contributed by atoms with E-state index in [-0.39, 0.29) is 5.91 Å². The van der Waals surface area contributed by atoms with Crippen LogP contribution in [-0.4, -0.2) is 38.0 Å². The minimum atomic E-state index is -0.430. The maximum Gasteiger partial charge on any atom is 0.337 e. The number of nitrogens with one attached hydrogen (secondary N) is 2. The molecule has 1 heterocycles. The van der Waals surface area contributed by atoms with Gasteiger partial charge < -0.3 is 20.3 Å². The lowest BCUT2D eigenvalue weighted by Crippen LogP contribution is -2.11. The molecule has 6 nitrogen and oxygen atoms in total. The van der Waals surface area contributed by atoms with Crippen LogP contribution < -0.4 is 10.6 Å². The van der Waals surface area contributed by atoms with Crippen LogP contribution in [0.1, 0.15) is 34.8 Å². The first-order valence-corrected chi connectivity index (χ1v) is 9.20. The number of benzene rings is 2. The molecular formula is C22H25N3O3. The number of nitrogens with zero attached hydrogens (tertiary/aromatic N) is 1. The second-order valence-corrected chi connectivity index (χ2v) is 6.97. The highest BCUT2D eigenvalue weighted by atomic mass is 16.5. The molecule has 0 spiro atoms. The first-order valence-electron chi connectivity index (χ1n) is 9.20. The first-order chi connectivity index (χ1) is 13.4. The number of hydrogen-bond acceptors (Lipinski definition) is 5. The number of allylic oxidation sites excluding steroid dienone is 1. The Labute approximate surface area is 165 Å². The third-order valence-corrected chi connectivity index (χ3v) is 4.59. The van der Waals surface area contributed by atoms with Gasteiger partial charge in [0.15, 0.2) is 0 Å². The predicted molar refractivity (Wildman–Crippen MR) is 111 cm³/mol. The number of amides is 1. The van der Waals surface area contributed by atoms with Crippen molar-refractivity contribution >= 4 is 28.8 Å². The fourth-order valence-corrected chi connectivity index (χ4v) is 3.28. The van der Waals surface area contributed by atoms with E-state index < -0.39 is 5.97 Å². The van der Waals surface area contributed by atoms with Crippen LogP contribution in [0.15, 0.2) is 48.2 Å². The van der Waals surface area contributed by atoms with E-state index in [1.54, 1.807) is 18.2 Å². The molecule has 0 aliphatic carbocycles. The molecule has 0 saturated heterocycles. The first kappa shape index (κ1) is 19.6. The lowest BCUT2D eigenvalue weighted by atomic mass is 10.0. The highest BCUT2D eigenvalue weighted by Gasteiger charge is 2.28. The summed E-state index contributed by atoms with van der Waals surface area (Å²) in [5, 5.41) is 6.23. The van der Waals surface area contributed by atoms with E-state index in [9.17, 15) is 9.59 Å². The molecule has 0 atom stereocenters. The molecule has 0 bridgehead atoms. The van der Waals surface area contributed by atoms with E-state index in [1.165, 1.54) is 12.7 Å². The predicted octanol–water partition coefficient (Wildman–Crippen LogP) is 3.72. The Morgan fingerprint density at radius 2 is 1.86 bits per heavy atom. The molecule has 0 saturated carbocycles. The summed E-state index contributed by atoms with van der Waals surface area (Å²) in [5.74, 6) is -0.605. The van der Waals surface area contributed by atoms with Crippen molar-refractivity contribution in [1.29, 1.82) is 0 Å². The second-order valence-electron chi connectivity index (χ2n) is 6.97. The highest BCUT2D eigenvalue weighted by Crippen LogP contribution is 2.35. The van der Waals surface area contributed by atoms with Gasteiger partial charge in [-0.3, -0.25) is 4.79 Å². The van der Waals surface area contributed by atoms with Crippen molar-refractivity contribution in [2.75, 3.05) is 31.8 Å². The number of fused-ring (bicyclic) bond motifs is 1. The average Bonchev–Trinajstić information content (AvgIpc) is 3.01. The Kier molecular flexibility index (Phi) is 5.80. The van der Waals surface area contributed by atoms with Gasteiger partial charge in [-0.1, -0.05) is 25.1 Å². The summed E-state index contributed by atoms with van der Waals surface area (Å²) in [5.41, 5.74) is 5.40. The largest absolute Gasteiger partial charge is 0.465 e. The molecule has 146 valence electrons. The summed E-state index contributed by atoms with van der Waals surface area (Å²) < 4.78 is 4.75. The van der Waals surface area contributed by atoms with Gasteiger partial charge in [0.1, 0.15) is 0 Å². The van der Waals surface area contributed by atoms with Crippen LogP contribution in [0.3, 0.4) is 0 Å². The van der Waals surface area contributed by atoms with Crippen LogP contribution in [0.5, 0.6) is 0 Å². The average molecular weight is 379 g/mol. The summed E-state index contributed by atoms with van der Waals surface area (Å²) in [7, 11) is 5.41. The standard InChI is InChI=1S/C22H25N3O3/c1-5-18(23-16-9-6-14(7-10-16)13-25(2)3)20-17-11-8-15(22(27)28-4)12-19(17)24-21(20)26/h6-12,23H,5,13H2,1-4H3,(H,24,26)/b20-18-. The molecule has 2 aromatic carbocycles. The van der Waals surface area contributed by atoms with Crippen molar-refractivity contribution in [2.45, 2.75) is 19.9 Å². The number of carbonyl (C=O) groups excluding carboxylic acids is 2. The van der Waals surface area contributed by atoms with Crippen LogP contribution in [0.25, 0.3) is 5.57 Å². The van der Waals surface area contributed by atoms with Crippen molar-refractivity contribution in [1.82, 2.24) is 4.90 Å². The zero-order valence-electron chi connectivity index (χ0n) is 16.6. The van der Waals surface area contributed by atoms with Gasteiger partial charge in [-0.15, -0.1) is 0 Å². The Morgan fingerprint density at radius 1 is 1.14 bits per heavy atom. The fourth-order valence-electron chi connectivity index (χ4n) is 3.28. The van der Waals surface area contributed by atoms with E-state index in [0.717, 1.165) is 23.5 Å². The monoisotopic (exact) mass is 379 g/mol. The molecule has 28 heavy (non-hydrogen) atoms. The molecular weight excluding hydrogens is 354 g/mol. The van der Waals surface area contributed by atoms with Crippen molar-refractivity contribution in [3.8, 4) is 0 Å². The molecule has 0 radical (unpaired) electrons. The van der Waals surface area contributed by atoms with E-state index in [2.05, 4.69) is 27.7 Å². The molecule has 0 unspecified atom stereocenters. The lowest BCUT2D eigenvalue weighted by Gasteiger charge is -2.14. The lowest BCUT2D eigenvalue weighted by molar-refractivity contribution is -0.110. The molecule has 0 aromatic heterocycles. The van der Waals surface area contributed by atoms with Gasteiger partial charge in [-0.2, -0.15) is 0 Å². The topological polar surface area (TPSA) is 70.7 Å². The summed E-state index contributed by atoms with van der Waals surface area (Å²) in [4.78, 5) is 26.5. The summed E-state index contributed by atoms with van der Waals surface area (Å²) in [6, 6.07) is 13.3. The van der Waals surface area contributed by atoms with E-state index >= 15 is 0 Å². The van der Waals surface area contributed by atoms with Gasteiger partial charge >= 0.3 is 5.97 Å². The summed E-state index contributed by atoms with van der Waals surface area (Å²) in [6.45, 7) is 2.88. The van der Waals surface area contributed by atoms with Crippen LogP contribution in [0, 0.1) is 0 Å². The van der Waals surface area contributed by atoms with Gasteiger partial charge in [0.2, 0.25) is 0 Å². The van der Waals surface area contributed by atoms with Crippen molar-refractivity contribution in [3.05, 3.63) is 64.9 Å². The smallest absolute Gasteiger partial charge is 0.337 e. The molecule has 6 heteroatoms. The van der Waals surface area contributed by atoms with Gasteiger partial charge in [0, 0.05) is 23.5 Å². The fraction of sp³-hybridized carbons (Fsp3) is 0.273. The number of rotatable bonds is 6. The van der Waals surface area contributed by atoms with E-state index in [0.29, 0.717) is 23.2 Å². The number of methoxy groups -OCH3 is 1. The Morgan fingerprint density at radius 3 is 2.46 bits per heavy atom. The maximum atomic E-state index is 12.6. The van der Waals surface area contributed by atoms with Crippen molar-refractivity contribution in [3.63, 3.8) is 0 Å². The minimum Gasteiger partial charge on any atom is -0.465 e. The molecule has 1 aliphatic heterocycles. The van der Waals surface area contributed by atoms with E-state index in [1.807, 2.05) is 33.2 Å². The minimum absolute atomic E-state index is 0.175. The van der Waals surface area contributed by atoms with Gasteiger partial charge in [0.05, 0.1) is 23.9 Å². The Bertz CT molecular complexity index is 931. The molecule has 1 aliphatic rings. The molecule has 1 amide bonds. The van der Waals surface area contributed by atoms with Crippen LogP contribution in [0.4, 0.5) is 11.4 Å². The summed E-state index contributed by atoms with van der Waals surface area (Å²) >= 11 is 0. The zero-order chi connectivity index (χ0) is 20.3. The molecule has 0 fully saturated rings. The highest BCUT2D eigenvalue weighted by molar-refractivity contribution is 6.32. The van der Waals surface area contributed by atoms with Gasteiger partial charge in [0.25, 0.3) is 5.91 Å². The number of esters is 1. The third kappa shape index (κ3) is 4.07. The number of hydrogen-bond donors (Lipinski definition) is 2. The molecule has 2 N–H and O–H groups in total. The van der Waals surface area contributed by atoms with Gasteiger partial charge in [-0.05, 0) is 50.3 Å². The molecule has 2 aromatic rings. The third-order valence-electron chi connectivity index (χ3n) is 4.59. The van der Waals surface area contributed by atoms with Crippen LogP contribution in [-0.2, 0) is 16.1 Å². The molecule has 3 rings (SSSR count).